The van der Waals surface area contributed by atoms with Gasteiger partial charge in [-0.2, -0.15) is 0 Å². The van der Waals surface area contributed by atoms with Gasteiger partial charge in [0.05, 0.1) is 5.54 Å². The average Bonchev–Trinajstić information content (AvgIpc) is 2.37. The first kappa shape index (κ1) is 11.7. The summed E-state index contributed by atoms with van der Waals surface area (Å²) in [5.74, 6) is -0.0516. The van der Waals surface area contributed by atoms with Gasteiger partial charge in [-0.25, -0.2) is 0 Å². The SMILES string of the molecule is CCC(C)(N)C(=O)c1cncc2ccccc12. The number of rotatable bonds is 3. The first-order valence-electron chi connectivity index (χ1n) is 5.72. The highest BCUT2D eigenvalue weighted by Gasteiger charge is 2.28. The molecule has 0 saturated carbocycles. The molecule has 2 rings (SSSR count). The monoisotopic (exact) mass is 228 g/mol. The summed E-state index contributed by atoms with van der Waals surface area (Å²) in [5, 5.41) is 1.88. The van der Waals surface area contributed by atoms with Crippen molar-refractivity contribution in [2.75, 3.05) is 0 Å². The third kappa shape index (κ3) is 2.06. The van der Waals surface area contributed by atoms with Crippen LogP contribution in [0, 0.1) is 0 Å². The van der Waals surface area contributed by atoms with Gasteiger partial charge in [-0.1, -0.05) is 31.2 Å². The molecule has 2 N–H and O–H groups in total. The van der Waals surface area contributed by atoms with Crippen LogP contribution in [-0.4, -0.2) is 16.3 Å². The van der Waals surface area contributed by atoms with Crippen LogP contribution in [0.15, 0.2) is 36.7 Å². The second kappa shape index (κ2) is 4.26. The highest BCUT2D eigenvalue weighted by atomic mass is 16.1. The highest BCUT2D eigenvalue weighted by Crippen LogP contribution is 2.22. The Hall–Kier alpha value is -1.74. The summed E-state index contributed by atoms with van der Waals surface area (Å²) < 4.78 is 0. The number of hydrogen-bond acceptors (Lipinski definition) is 3. The third-order valence-electron chi connectivity index (χ3n) is 3.17. The molecule has 0 bridgehead atoms. The van der Waals surface area contributed by atoms with Crippen molar-refractivity contribution in [3.63, 3.8) is 0 Å². The van der Waals surface area contributed by atoms with Gasteiger partial charge in [-0.05, 0) is 18.7 Å². The fraction of sp³-hybridized carbons (Fsp3) is 0.286. The van der Waals surface area contributed by atoms with E-state index in [9.17, 15) is 4.79 Å². The molecule has 1 aromatic heterocycles. The number of pyridine rings is 1. The molecule has 1 atom stereocenters. The van der Waals surface area contributed by atoms with Gasteiger partial charge in [0, 0.05) is 23.3 Å². The molecular formula is C14H16N2O. The Kier molecular flexibility index (Phi) is 2.94. The second-order valence-electron chi connectivity index (χ2n) is 4.51. The van der Waals surface area contributed by atoms with Crippen LogP contribution >= 0.6 is 0 Å². The van der Waals surface area contributed by atoms with Crippen molar-refractivity contribution in [2.45, 2.75) is 25.8 Å². The molecule has 2 aromatic rings. The predicted molar refractivity (Wildman–Crippen MR) is 69.0 cm³/mol. The van der Waals surface area contributed by atoms with Crippen LogP contribution in [0.2, 0.25) is 0 Å². The topological polar surface area (TPSA) is 56.0 Å². The smallest absolute Gasteiger partial charge is 0.184 e. The van der Waals surface area contributed by atoms with E-state index in [0.29, 0.717) is 12.0 Å². The van der Waals surface area contributed by atoms with Gasteiger partial charge in [0.2, 0.25) is 0 Å². The summed E-state index contributed by atoms with van der Waals surface area (Å²) >= 11 is 0. The normalized spacial score (nSPS) is 14.5. The minimum atomic E-state index is -0.828. The minimum absolute atomic E-state index is 0.0516. The quantitative estimate of drug-likeness (QED) is 0.821. The zero-order valence-electron chi connectivity index (χ0n) is 10.1. The van der Waals surface area contributed by atoms with E-state index < -0.39 is 5.54 Å². The van der Waals surface area contributed by atoms with Crippen molar-refractivity contribution >= 4 is 16.6 Å². The van der Waals surface area contributed by atoms with Gasteiger partial charge in [0.15, 0.2) is 5.78 Å². The summed E-state index contributed by atoms with van der Waals surface area (Å²) in [6.45, 7) is 3.67. The Labute approximate surface area is 101 Å². The Morgan fingerprint density at radius 3 is 2.76 bits per heavy atom. The van der Waals surface area contributed by atoms with E-state index in [1.54, 1.807) is 19.3 Å². The molecule has 0 aliphatic heterocycles. The van der Waals surface area contributed by atoms with Crippen LogP contribution in [0.4, 0.5) is 0 Å². The van der Waals surface area contributed by atoms with E-state index in [0.717, 1.165) is 10.8 Å². The maximum absolute atomic E-state index is 12.3. The number of Topliss-reactive ketones (excluding diaryl/α,β-unsaturated/α-hetero) is 1. The maximum atomic E-state index is 12.3. The van der Waals surface area contributed by atoms with Crippen molar-refractivity contribution in [3.05, 3.63) is 42.2 Å². The summed E-state index contributed by atoms with van der Waals surface area (Å²) in [5.41, 5.74) is 5.78. The molecule has 88 valence electrons. The number of carbonyl (C=O) groups is 1. The number of aromatic nitrogens is 1. The second-order valence-corrected chi connectivity index (χ2v) is 4.51. The van der Waals surface area contributed by atoms with Crippen LogP contribution in [0.3, 0.4) is 0 Å². The average molecular weight is 228 g/mol. The molecule has 0 aliphatic rings. The highest BCUT2D eigenvalue weighted by molar-refractivity contribution is 6.11. The maximum Gasteiger partial charge on any atom is 0.184 e. The molecule has 1 heterocycles. The Morgan fingerprint density at radius 1 is 1.35 bits per heavy atom. The van der Waals surface area contributed by atoms with Crippen LogP contribution < -0.4 is 5.73 Å². The van der Waals surface area contributed by atoms with Crippen LogP contribution in [0.5, 0.6) is 0 Å². The molecule has 17 heavy (non-hydrogen) atoms. The molecular weight excluding hydrogens is 212 g/mol. The lowest BCUT2D eigenvalue weighted by Crippen LogP contribution is -2.44. The van der Waals surface area contributed by atoms with E-state index in [1.165, 1.54) is 0 Å². The molecule has 3 nitrogen and oxygen atoms in total. The third-order valence-corrected chi connectivity index (χ3v) is 3.17. The lowest BCUT2D eigenvalue weighted by atomic mass is 9.88. The van der Waals surface area contributed by atoms with Crippen molar-refractivity contribution in [2.24, 2.45) is 5.73 Å². The largest absolute Gasteiger partial charge is 0.319 e. The molecule has 0 saturated heterocycles. The fourth-order valence-electron chi connectivity index (χ4n) is 1.77. The fourth-order valence-corrected chi connectivity index (χ4v) is 1.77. The van der Waals surface area contributed by atoms with Gasteiger partial charge < -0.3 is 5.73 Å². The number of nitrogens with two attached hydrogens (primary N) is 1. The van der Waals surface area contributed by atoms with E-state index in [4.69, 9.17) is 5.73 Å². The molecule has 0 fully saturated rings. The molecule has 3 heteroatoms. The molecule has 0 aliphatic carbocycles. The molecule has 0 radical (unpaired) electrons. The van der Waals surface area contributed by atoms with Gasteiger partial charge in [0.1, 0.15) is 0 Å². The Morgan fingerprint density at radius 2 is 2.06 bits per heavy atom. The van der Waals surface area contributed by atoms with Crippen molar-refractivity contribution < 1.29 is 4.79 Å². The van der Waals surface area contributed by atoms with Gasteiger partial charge in [0.25, 0.3) is 0 Å². The molecule has 0 spiro atoms. The van der Waals surface area contributed by atoms with E-state index >= 15 is 0 Å². The summed E-state index contributed by atoms with van der Waals surface area (Å²) in [6, 6.07) is 7.72. The van der Waals surface area contributed by atoms with Crippen LogP contribution in [-0.2, 0) is 0 Å². The Balaban J connectivity index is 2.60. The number of fused-ring (bicyclic) bond motifs is 1. The number of carbonyl (C=O) groups excluding carboxylic acids is 1. The van der Waals surface area contributed by atoms with E-state index in [1.807, 2.05) is 31.2 Å². The van der Waals surface area contributed by atoms with E-state index in [-0.39, 0.29) is 5.78 Å². The number of benzene rings is 1. The van der Waals surface area contributed by atoms with Gasteiger partial charge >= 0.3 is 0 Å². The lowest BCUT2D eigenvalue weighted by molar-refractivity contribution is 0.0899. The van der Waals surface area contributed by atoms with Crippen molar-refractivity contribution in [3.8, 4) is 0 Å². The molecule has 1 aromatic carbocycles. The first-order chi connectivity index (χ1) is 8.06. The van der Waals surface area contributed by atoms with Gasteiger partial charge in [-0.15, -0.1) is 0 Å². The Bertz CT molecular complexity index is 556. The zero-order chi connectivity index (χ0) is 12.5. The zero-order valence-corrected chi connectivity index (χ0v) is 10.1. The van der Waals surface area contributed by atoms with Crippen LogP contribution in [0.25, 0.3) is 10.8 Å². The predicted octanol–water partition coefficient (Wildman–Crippen LogP) is 2.54. The summed E-state index contributed by atoms with van der Waals surface area (Å²) in [7, 11) is 0. The van der Waals surface area contributed by atoms with Gasteiger partial charge in [-0.3, -0.25) is 9.78 Å². The lowest BCUT2D eigenvalue weighted by Gasteiger charge is -2.21. The first-order valence-corrected chi connectivity index (χ1v) is 5.72. The number of ketones is 1. The minimum Gasteiger partial charge on any atom is -0.319 e. The number of hydrogen-bond donors (Lipinski definition) is 1. The van der Waals surface area contributed by atoms with Crippen molar-refractivity contribution in [1.29, 1.82) is 0 Å². The summed E-state index contributed by atoms with van der Waals surface area (Å²) in [4.78, 5) is 16.5. The summed E-state index contributed by atoms with van der Waals surface area (Å²) in [6.07, 6.45) is 3.96. The van der Waals surface area contributed by atoms with Crippen molar-refractivity contribution in [1.82, 2.24) is 4.98 Å². The number of nitrogens with zero attached hydrogens (tertiary/aromatic N) is 1. The van der Waals surface area contributed by atoms with E-state index in [2.05, 4.69) is 4.98 Å². The standard InChI is InChI=1S/C14H16N2O/c1-3-14(2,15)13(17)12-9-16-8-10-6-4-5-7-11(10)12/h4-9H,3,15H2,1-2H3. The molecule has 0 amide bonds. The van der Waals surface area contributed by atoms with Crippen LogP contribution in [0.1, 0.15) is 30.6 Å². The molecule has 1 unspecified atom stereocenters.